The number of benzene rings is 1. The molecule has 1 heterocycles. The van der Waals surface area contributed by atoms with Crippen LogP contribution < -0.4 is 10.2 Å². The lowest BCUT2D eigenvalue weighted by Crippen LogP contribution is -2.28. The van der Waals surface area contributed by atoms with Crippen LogP contribution in [0.15, 0.2) is 34.9 Å². The average molecular weight is 218 g/mol. The quantitative estimate of drug-likeness (QED) is 0.781. The lowest BCUT2D eigenvalue weighted by molar-refractivity contribution is 0.613. The number of hydrogen-bond acceptors (Lipinski definition) is 3. The van der Waals surface area contributed by atoms with E-state index in [-0.39, 0.29) is 0 Å². The van der Waals surface area contributed by atoms with Gasteiger partial charge in [0.15, 0.2) is 0 Å². The first-order valence-corrected chi connectivity index (χ1v) is 5.71. The molecule has 1 aromatic heterocycles. The monoisotopic (exact) mass is 218 g/mol. The van der Waals surface area contributed by atoms with Crippen molar-refractivity contribution >= 4 is 16.7 Å². The van der Waals surface area contributed by atoms with Gasteiger partial charge in [-0.15, -0.1) is 0 Å². The van der Waals surface area contributed by atoms with E-state index >= 15 is 0 Å². The Balaban J connectivity index is 2.13. The molecule has 2 aromatic rings. The molecule has 0 aliphatic heterocycles. The van der Waals surface area contributed by atoms with Crippen LogP contribution in [0.4, 0.5) is 5.69 Å². The molecule has 0 radical (unpaired) electrons. The van der Waals surface area contributed by atoms with Crippen molar-refractivity contribution in [2.45, 2.75) is 6.92 Å². The Morgan fingerprint density at radius 1 is 1.31 bits per heavy atom. The third-order valence-electron chi connectivity index (χ3n) is 2.75. The second-order valence-electron chi connectivity index (χ2n) is 3.89. The Bertz CT molecular complexity index is 450. The van der Waals surface area contributed by atoms with E-state index in [9.17, 15) is 0 Å². The van der Waals surface area contributed by atoms with Gasteiger partial charge < -0.3 is 14.6 Å². The minimum atomic E-state index is 0.952. The van der Waals surface area contributed by atoms with Crippen LogP contribution in [0.5, 0.6) is 0 Å². The van der Waals surface area contributed by atoms with Crippen LogP contribution in [0, 0.1) is 0 Å². The second-order valence-corrected chi connectivity index (χ2v) is 3.89. The van der Waals surface area contributed by atoms with Crippen LogP contribution in [-0.4, -0.2) is 26.7 Å². The molecule has 1 aromatic carbocycles. The molecule has 0 aliphatic carbocycles. The van der Waals surface area contributed by atoms with E-state index in [1.807, 2.05) is 24.5 Å². The maximum Gasteiger partial charge on any atom is 0.136 e. The van der Waals surface area contributed by atoms with Crippen LogP contribution in [0.3, 0.4) is 0 Å². The topological polar surface area (TPSA) is 28.4 Å². The number of furan rings is 1. The minimum Gasteiger partial charge on any atom is -0.462 e. The van der Waals surface area contributed by atoms with Crippen molar-refractivity contribution in [2.24, 2.45) is 0 Å². The minimum absolute atomic E-state index is 0.952. The van der Waals surface area contributed by atoms with E-state index < -0.39 is 0 Å². The van der Waals surface area contributed by atoms with Gasteiger partial charge in [0.05, 0.1) is 5.69 Å². The van der Waals surface area contributed by atoms with Crippen LogP contribution in [-0.2, 0) is 0 Å². The molecule has 0 spiro atoms. The highest BCUT2D eigenvalue weighted by molar-refractivity contribution is 5.90. The van der Waals surface area contributed by atoms with Crippen molar-refractivity contribution in [3.63, 3.8) is 0 Å². The van der Waals surface area contributed by atoms with Gasteiger partial charge in [-0.05, 0) is 18.7 Å². The van der Waals surface area contributed by atoms with Gasteiger partial charge >= 0.3 is 0 Å². The zero-order chi connectivity index (χ0) is 11.4. The highest BCUT2D eigenvalue weighted by Gasteiger charge is 2.08. The van der Waals surface area contributed by atoms with Gasteiger partial charge in [0.1, 0.15) is 11.8 Å². The maximum atomic E-state index is 5.51. The zero-order valence-corrected chi connectivity index (χ0v) is 9.86. The third kappa shape index (κ3) is 2.19. The molecular weight excluding hydrogens is 200 g/mol. The smallest absolute Gasteiger partial charge is 0.136 e. The lowest BCUT2D eigenvalue weighted by Gasteiger charge is -2.17. The number of likely N-dealkylation sites (N-methyl/N-ethyl adjacent to an activating group) is 2. The first kappa shape index (κ1) is 11.0. The number of rotatable bonds is 5. The summed E-state index contributed by atoms with van der Waals surface area (Å²) in [4.78, 5) is 2.22. The second kappa shape index (κ2) is 5.03. The van der Waals surface area contributed by atoms with Gasteiger partial charge in [-0.2, -0.15) is 0 Å². The van der Waals surface area contributed by atoms with Gasteiger partial charge in [0.25, 0.3) is 0 Å². The summed E-state index contributed by atoms with van der Waals surface area (Å²) in [6.45, 7) is 5.11. The number of anilines is 1. The van der Waals surface area contributed by atoms with Crippen molar-refractivity contribution < 1.29 is 4.42 Å². The fourth-order valence-corrected chi connectivity index (χ4v) is 1.80. The summed E-state index contributed by atoms with van der Waals surface area (Å²) < 4.78 is 5.51. The molecule has 1 N–H and O–H groups in total. The van der Waals surface area contributed by atoms with E-state index in [1.165, 1.54) is 5.39 Å². The third-order valence-corrected chi connectivity index (χ3v) is 2.75. The van der Waals surface area contributed by atoms with E-state index in [4.69, 9.17) is 4.42 Å². The van der Waals surface area contributed by atoms with Crippen LogP contribution >= 0.6 is 0 Å². The predicted octanol–water partition coefficient (Wildman–Crippen LogP) is 2.48. The number of hydrogen-bond donors (Lipinski definition) is 1. The Morgan fingerprint density at radius 3 is 2.94 bits per heavy atom. The Kier molecular flexibility index (Phi) is 3.47. The molecule has 0 unspecified atom stereocenters. The zero-order valence-electron chi connectivity index (χ0n) is 9.86. The van der Waals surface area contributed by atoms with Gasteiger partial charge in [-0.3, -0.25) is 0 Å². The molecule has 0 fully saturated rings. The largest absolute Gasteiger partial charge is 0.462 e. The summed E-state index contributed by atoms with van der Waals surface area (Å²) in [6, 6.07) is 8.13. The van der Waals surface area contributed by atoms with E-state index in [0.717, 1.165) is 30.9 Å². The Hall–Kier alpha value is -1.48. The summed E-state index contributed by atoms with van der Waals surface area (Å²) in [5, 5.41) is 4.50. The van der Waals surface area contributed by atoms with E-state index in [2.05, 4.69) is 30.3 Å². The number of fused-ring (bicyclic) bond motifs is 1. The highest BCUT2D eigenvalue weighted by Crippen LogP contribution is 2.27. The molecule has 0 saturated carbocycles. The molecular formula is C13H18N2O. The van der Waals surface area contributed by atoms with E-state index in [1.54, 1.807) is 0 Å². The molecule has 86 valence electrons. The maximum absolute atomic E-state index is 5.51. The normalized spacial score (nSPS) is 10.9. The molecule has 3 heteroatoms. The predicted molar refractivity (Wildman–Crippen MR) is 68.0 cm³/mol. The van der Waals surface area contributed by atoms with Crippen molar-refractivity contribution in [2.75, 3.05) is 31.6 Å². The molecule has 0 amide bonds. The average Bonchev–Trinajstić information content (AvgIpc) is 2.73. The molecule has 16 heavy (non-hydrogen) atoms. The summed E-state index contributed by atoms with van der Waals surface area (Å²) in [5.41, 5.74) is 2.11. The molecule has 0 aliphatic rings. The summed E-state index contributed by atoms with van der Waals surface area (Å²) in [6.07, 6.45) is 1.83. The first-order chi connectivity index (χ1) is 7.83. The standard InChI is InChI=1S/C13H18N2O/c1-3-14-8-9-15(2)12-10-16-13-7-5-4-6-11(12)13/h4-7,10,14H,3,8-9H2,1-2H3. The Morgan fingerprint density at radius 2 is 2.12 bits per heavy atom. The van der Waals surface area contributed by atoms with Gasteiger partial charge in [-0.1, -0.05) is 19.1 Å². The van der Waals surface area contributed by atoms with Gasteiger partial charge in [-0.25, -0.2) is 0 Å². The van der Waals surface area contributed by atoms with Crippen molar-refractivity contribution in [1.82, 2.24) is 5.32 Å². The highest BCUT2D eigenvalue weighted by atomic mass is 16.3. The fourth-order valence-electron chi connectivity index (χ4n) is 1.80. The number of nitrogens with zero attached hydrogens (tertiary/aromatic N) is 1. The summed E-state index contributed by atoms with van der Waals surface area (Å²) >= 11 is 0. The van der Waals surface area contributed by atoms with Crippen LogP contribution in [0.1, 0.15) is 6.92 Å². The summed E-state index contributed by atoms with van der Waals surface area (Å²) in [5.74, 6) is 0. The van der Waals surface area contributed by atoms with Gasteiger partial charge in [0, 0.05) is 25.5 Å². The van der Waals surface area contributed by atoms with Crippen LogP contribution in [0.25, 0.3) is 11.0 Å². The summed E-state index contributed by atoms with van der Waals surface area (Å²) in [7, 11) is 2.09. The Labute approximate surface area is 96.0 Å². The van der Waals surface area contributed by atoms with E-state index in [0.29, 0.717) is 0 Å². The molecule has 0 bridgehead atoms. The lowest BCUT2D eigenvalue weighted by atomic mass is 10.2. The number of nitrogens with one attached hydrogen (secondary N) is 1. The SMILES string of the molecule is CCNCCN(C)c1coc2ccccc12. The molecule has 3 nitrogen and oxygen atoms in total. The molecule has 2 rings (SSSR count). The van der Waals surface area contributed by atoms with Crippen LogP contribution in [0.2, 0.25) is 0 Å². The van der Waals surface area contributed by atoms with Gasteiger partial charge in [0.2, 0.25) is 0 Å². The molecule has 0 atom stereocenters. The number of para-hydroxylation sites is 1. The van der Waals surface area contributed by atoms with Crippen molar-refractivity contribution in [3.8, 4) is 0 Å². The molecule has 0 saturated heterocycles. The van der Waals surface area contributed by atoms with Crippen molar-refractivity contribution in [1.29, 1.82) is 0 Å². The van der Waals surface area contributed by atoms with Crippen molar-refractivity contribution in [3.05, 3.63) is 30.5 Å². The first-order valence-electron chi connectivity index (χ1n) is 5.71. The fraction of sp³-hybridized carbons (Fsp3) is 0.385.